The summed E-state index contributed by atoms with van der Waals surface area (Å²) in [7, 11) is 0. The van der Waals surface area contributed by atoms with E-state index in [1.807, 2.05) is 36.1 Å². The van der Waals surface area contributed by atoms with E-state index < -0.39 is 23.0 Å². The Morgan fingerprint density at radius 1 is 0.979 bits per heavy atom. The van der Waals surface area contributed by atoms with E-state index in [1.54, 1.807) is 6.07 Å². The number of piperazine rings is 2. The molecular weight excluding hydrogens is 608 g/mol. The number of phenols is 1. The Labute approximate surface area is 286 Å². The number of aliphatic hydroxyl groups excluding tert-OH is 1. The van der Waals surface area contributed by atoms with Gasteiger partial charge in [0.25, 0.3) is 0 Å². The van der Waals surface area contributed by atoms with Crippen LogP contribution in [0.1, 0.15) is 59.8 Å². The summed E-state index contributed by atoms with van der Waals surface area (Å²) in [6, 6.07) is 7.36. The van der Waals surface area contributed by atoms with E-state index in [1.165, 1.54) is 0 Å². The highest BCUT2D eigenvalue weighted by molar-refractivity contribution is 5.86. The van der Waals surface area contributed by atoms with Crippen LogP contribution in [-0.4, -0.2) is 120 Å². The first kappa shape index (κ1) is 34.9. The van der Waals surface area contributed by atoms with Crippen molar-refractivity contribution in [3.05, 3.63) is 36.9 Å². The quantitative estimate of drug-likeness (QED) is 0.334. The highest BCUT2D eigenvalue weighted by atomic mass is 16.5. The number of rotatable bonds is 7. The Balaban J connectivity index is 1.05. The maximum atomic E-state index is 13.7. The van der Waals surface area contributed by atoms with Crippen LogP contribution in [0.4, 0.5) is 5.69 Å². The average molecular weight is 665 g/mol. The maximum Gasteiger partial charge on any atom is 0.320 e. The standard InChI is InChI=1S/C38H56N4O6/c1-6-36(4)23-31(37(5)26(2)11-13-38(27(3)35(36)47)14-12-30(44)34(37)38)48-33(46)25-40-17-21-42(22-18-40)32(45)24-39-15-19-41(20-16-39)28-9-7-8-10-29(28)43/h6-10,26-27,31,34-35,43,47H,1,11-25H2,2-5H3/t26-,27+,31-,34+,35+,36-,37+,38+/m1/s1. The Kier molecular flexibility index (Phi) is 9.74. The third-order valence-electron chi connectivity index (χ3n) is 13.6. The molecule has 3 aliphatic carbocycles. The van der Waals surface area contributed by atoms with Gasteiger partial charge in [-0.1, -0.05) is 45.9 Å². The summed E-state index contributed by atoms with van der Waals surface area (Å²) < 4.78 is 6.45. The number of para-hydroxylation sites is 2. The average Bonchev–Trinajstić information content (AvgIpc) is 3.43. The summed E-state index contributed by atoms with van der Waals surface area (Å²) in [5.41, 5.74) is -0.655. The molecule has 5 aliphatic rings. The highest BCUT2D eigenvalue weighted by Crippen LogP contribution is 2.68. The van der Waals surface area contributed by atoms with Gasteiger partial charge < -0.3 is 24.7 Å². The van der Waals surface area contributed by atoms with E-state index in [0.717, 1.165) is 51.1 Å². The van der Waals surface area contributed by atoms with Crippen LogP contribution < -0.4 is 4.90 Å². The van der Waals surface area contributed by atoms with Crippen LogP contribution in [0, 0.1) is 34.0 Å². The Morgan fingerprint density at radius 3 is 2.29 bits per heavy atom. The lowest BCUT2D eigenvalue weighted by molar-refractivity contribution is -0.207. The number of ketones is 1. The van der Waals surface area contributed by atoms with E-state index in [4.69, 9.17) is 4.74 Å². The monoisotopic (exact) mass is 664 g/mol. The van der Waals surface area contributed by atoms with Crippen LogP contribution in [0.5, 0.6) is 5.75 Å². The molecule has 2 bridgehead atoms. The van der Waals surface area contributed by atoms with Gasteiger partial charge >= 0.3 is 5.97 Å². The van der Waals surface area contributed by atoms with E-state index in [9.17, 15) is 24.6 Å². The van der Waals surface area contributed by atoms with E-state index in [0.29, 0.717) is 45.6 Å². The first-order valence-electron chi connectivity index (χ1n) is 18.1. The Morgan fingerprint density at radius 2 is 1.62 bits per heavy atom. The largest absolute Gasteiger partial charge is 0.506 e. The van der Waals surface area contributed by atoms with Crippen molar-refractivity contribution in [2.75, 3.05) is 70.3 Å². The zero-order chi connectivity index (χ0) is 34.4. The number of aliphatic hydroxyl groups is 1. The van der Waals surface area contributed by atoms with Crippen molar-refractivity contribution in [2.45, 2.75) is 72.0 Å². The number of Topliss-reactive ketones (excluding diaryl/α,β-unsaturated/α-hetero) is 1. The Hall–Kier alpha value is -2.95. The van der Waals surface area contributed by atoms with Gasteiger partial charge in [-0.15, -0.1) is 6.58 Å². The molecule has 5 fully saturated rings. The number of benzene rings is 1. The van der Waals surface area contributed by atoms with Crippen molar-refractivity contribution in [1.82, 2.24) is 14.7 Å². The summed E-state index contributed by atoms with van der Waals surface area (Å²) in [6.45, 7) is 18.4. The second-order valence-electron chi connectivity index (χ2n) is 16.0. The van der Waals surface area contributed by atoms with E-state index in [-0.39, 0.29) is 53.1 Å². The lowest BCUT2D eigenvalue weighted by atomic mass is 9.44. The maximum absolute atomic E-state index is 13.7. The van der Waals surface area contributed by atoms with Gasteiger partial charge in [0, 0.05) is 75.5 Å². The molecule has 48 heavy (non-hydrogen) atoms. The number of phenolic OH excluding ortho intramolecular Hbond substituents is 1. The molecule has 0 aromatic heterocycles. The molecule has 10 heteroatoms. The minimum Gasteiger partial charge on any atom is -0.506 e. The van der Waals surface area contributed by atoms with Crippen molar-refractivity contribution >= 4 is 23.3 Å². The second-order valence-corrected chi connectivity index (χ2v) is 16.0. The number of anilines is 1. The van der Waals surface area contributed by atoms with Crippen LogP contribution in [0.3, 0.4) is 0 Å². The van der Waals surface area contributed by atoms with Gasteiger partial charge in [-0.25, -0.2) is 0 Å². The predicted octanol–water partition coefficient (Wildman–Crippen LogP) is 3.56. The molecule has 2 saturated heterocycles. The molecule has 1 amide bonds. The molecule has 1 aromatic carbocycles. The lowest BCUT2D eigenvalue weighted by Gasteiger charge is -2.61. The fourth-order valence-corrected chi connectivity index (χ4v) is 10.2. The number of amides is 1. The first-order valence-corrected chi connectivity index (χ1v) is 18.1. The van der Waals surface area contributed by atoms with Crippen LogP contribution in [0.15, 0.2) is 36.9 Å². The molecule has 10 nitrogen and oxygen atoms in total. The molecule has 1 aromatic rings. The van der Waals surface area contributed by atoms with Crippen LogP contribution in [0.25, 0.3) is 0 Å². The normalized spacial score (nSPS) is 37.8. The number of aromatic hydroxyl groups is 1. The molecule has 264 valence electrons. The number of hydrogen-bond donors (Lipinski definition) is 2. The number of carbonyl (C=O) groups is 3. The third kappa shape index (κ3) is 6.06. The molecule has 0 unspecified atom stereocenters. The van der Waals surface area contributed by atoms with Gasteiger partial charge in [0.2, 0.25) is 5.91 Å². The summed E-state index contributed by atoms with van der Waals surface area (Å²) in [5.74, 6) is 0.205. The number of carbonyl (C=O) groups excluding carboxylic acids is 3. The van der Waals surface area contributed by atoms with Crippen molar-refractivity contribution in [3.8, 4) is 5.75 Å². The number of hydrogen-bond acceptors (Lipinski definition) is 9. The van der Waals surface area contributed by atoms with Gasteiger partial charge in [-0.2, -0.15) is 0 Å². The molecular formula is C38H56N4O6. The SMILES string of the molecule is C=C[C@]1(C)C[C@@H](OC(=O)CN2CCN(C(=O)CN3CCN(c4ccccc4O)CC3)CC2)[C@]2(C)[C@H](C)CC[C@]3(CCC(=O)[C@H]32)[C@@H](C)[C@@H]1O. The van der Waals surface area contributed by atoms with Gasteiger partial charge in [-0.05, 0) is 55.1 Å². The van der Waals surface area contributed by atoms with Crippen LogP contribution >= 0.6 is 0 Å². The smallest absolute Gasteiger partial charge is 0.320 e. The number of esters is 1. The fraction of sp³-hybridized carbons (Fsp3) is 0.711. The minimum atomic E-state index is -0.686. The van der Waals surface area contributed by atoms with Gasteiger partial charge in [-0.3, -0.25) is 24.2 Å². The highest BCUT2D eigenvalue weighted by Gasteiger charge is 2.68. The Bertz CT molecular complexity index is 1390. The third-order valence-corrected chi connectivity index (χ3v) is 13.6. The van der Waals surface area contributed by atoms with E-state index >= 15 is 0 Å². The first-order chi connectivity index (χ1) is 22.8. The van der Waals surface area contributed by atoms with Crippen molar-refractivity contribution < 1.29 is 29.3 Å². The minimum absolute atomic E-state index is 0.0622. The topological polar surface area (TPSA) is 114 Å². The molecule has 0 radical (unpaired) electrons. The van der Waals surface area contributed by atoms with Gasteiger partial charge in [0.15, 0.2) is 0 Å². The van der Waals surface area contributed by atoms with Crippen molar-refractivity contribution in [3.63, 3.8) is 0 Å². The van der Waals surface area contributed by atoms with Crippen molar-refractivity contribution in [2.24, 2.45) is 34.0 Å². The van der Waals surface area contributed by atoms with Gasteiger partial charge in [0.1, 0.15) is 17.6 Å². The molecule has 6 rings (SSSR count). The second kappa shape index (κ2) is 13.4. The molecule has 8 atom stereocenters. The number of ether oxygens (including phenoxy) is 1. The summed E-state index contributed by atoms with van der Waals surface area (Å²) in [6.07, 6.45) is 4.20. The molecule has 2 aliphatic heterocycles. The summed E-state index contributed by atoms with van der Waals surface area (Å²) in [5, 5.41) is 22.0. The van der Waals surface area contributed by atoms with E-state index in [2.05, 4.69) is 42.0 Å². The molecule has 3 saturated carbocycles. The summed E-state index contributed by atoms with van der Waals surface area (Å²) >= 11 is 0. The molecule has 2 heterocycles. The zero-order valence-corrected chi connectivity index (χ0v) is 29.4. The predicted molar refractivity (Wildman–Crippen MR) is 184 cm³/mol. The van der Waals surface area contributed by atoms with Crippen LogP contribution in [-0.2, 0) is 19.1 Å². The number of nitrogens with zero attached hydrogens (tertiary/aromatic N) is 4. The van der Waals surface area contributed by atoms with Gasteiger partial charge in [0.05, 0.1) is 24.9 Å². The zero-order valence-electron chi connectivity index (χ0n) is 29.4. The molecule has 0 spiro atoms. The van der Waals surface area contributed by atoms with Crippen LogP contribution in [0.2, 0.25) is 0 Å². The lowest BCUT2D eigenvalue weighted by Crippen LogP contribution is -2.63. The molecule has 2 N–H and O–H groups in total. The van der Waals surface area contributed by atoms with Crippen molar-refractivity contribution in [1.29, 1.82) is 0 Å². The fourth-order valence-electron chi connectivity index (χ4n) is 10.2. The summed E-state index contributed by atoms with van der Waals surface area (Å²) in [4.78, 5) is 48.8.